The number of hydrogen-bond acceptors (Lipinski definition) is 2. The smallest absolute Gasteiger partial charge is 0.315 e. The lowest BCUT2D eigenvalue weighted by Crippen LogP contribution is -2.43. The Morgan fingerprint density at radius 2 is 2.10 bits per heavy atom. The molecule has 0 radical (unpaired) electrons. The van der Waals surface area contributed by atoms with Gasteiger partial charge in [-0.05, 0) is 30.7 Å². The molecule has 1 aromatic carbocycles. The van der Waals surface area contributed by atoms with Gasteiger partial charge in [0.15, 0.2) is 0 Å². The lowest BCUT2D eigenvalue weighted by molar-refractivity contribution is -0.117. The molecule has 0 aromatic heterocycles. The van der Waals surface area contributed by atoms with E-state index < -0.39 is 0 Å². The standard InChI is InChI=1S/C14H18ClN3O2/c1-2-7-16-14(20)17-11-8-13(19)18(9-11)12-5-3-10(15)4-6-12/h3-6,11H,2,7-9H2,1H3,(H2,16,17,20)/t11-/m1/s1. The van der Waals surface area contributed by atoms with E-state index in [0.29, 0.717) is 24.5 Å². The second kappa shape index (κ2) is 6.61. The summed E-state index contributed by atoms with van der Waals surface area (Å²) in [6, 6.07) is 6.73. The Morgan fingerprint density at radius 3 is 2.75 bits per heavy atom. The normalized spacial score (nSPS) is 18.2. The van der Waals surface area contributed by atoms with Gasteiger partial charge < -0.3 is 15.5 Å². The molecule has 0 saturated carbocycles. The van der Waals surface area contributed by atoms with Crippen molar-refractivity contribution in [2.75, 3.05) is 18.0 Å². The highest BCUT2D eigenvalue weighted by molar-refractivity contribution is 6.30. The van der Waals surface area contributed by atoms with Gasteiger partial charge in [-0.25, -0.2) is 4.79 Å². The summed E-state index contributed by atoms with van der Waals surface area (Å²) in [6.45, 7) is 3.11. The van der Waals surface area contributed by atoms with E-state index in [9.17, 15) is 9.59 Å². The topological polar surface area (TPSA) is 61.4 Å². The van der Waals surface area contributed by atoms with Crippen molar-refractivity contribution in [3.63, 3.8) is 0 Å². The first kappa shape index (κ1) is 14.7. The summed E-state index contributed by atoms with van der Waals surface area (Å²) < 4.78 is 0. The molecular formula is C14H18ClN3O2. The predicted octanol–water partition coefficient (Wildman–Crippen LogP) is 2.15. The molecule has 0 spiro atoms. The number of urea groups is 1. The number of halogens is 1. The molecule has 1 aliphatic rings. The van der Waals surface area contributed by atoms with E-state index in [-0.39, 0.29) is 18.0 Å². The number of amides is 3. The maximum absolute atomic E-state index is 12.0. The Kier molecular flexibility index (Phi) is 4.84. The highest BCUT2D eigenvalue weighted by Gasteiger charge is 2.31. The zero-order valence-electron chi connectivity index (χ0n) is 11.4. The maximum Gasteiger partial charge on any atom is 0.315 e. The van der Waals surface area contributed by atoms with Gasteiger partial charge >= 0.3 is 6.03 Å². The predicted molar refractivity (Wildman–Crippen MR) is 79.0 cm³/mol. The second-order valence-corrected chi connectivity index (χ2v) is 5.22. The number of nitrogens with one attached hydrogen (secondary N) is 2. The van der Waals surface area contributed by atoms with E-state index >= 15 is 0 Å². The largest absolute Gasteiger partial charge is 0.338 e. The Bertz CT molecular complexity index is 490. The molecule has 2 rings (SSSR count). The van der Waals surface area contributed by atoms with Gasteiger partial charge in [-0.2, -0.15) is 0 Å². The molecule has 0 aliphatic carbocycles. The Labute approximate surface area is 123 Å². The Balaban J connectivity index is 1.93. The van der Waals surface area contributed by atoms with Crippen LogP contribution in [0.1, 0.15) is 19.8 Å². The lowest BCUT2D eigenvalue weighted by Gasteiger charge is -2.17. The molecule has 3 amide bonds. The second-order valence-electron chi connectivity index (χ2n) is 4.78. The van der Waals surface area contributed by atoms with Crippen LogP contribution >= 0.6 is 11.6 Å². The summed E-state index contributed by atoms with van der Waals surface area (Å²) in [5.74, 6) is 0.00751. The highest BCUT2D eigenvalue weighted by Crippen LogP contribution is 2.23. The van der Waals surface area contributed by atoms with Gasteiger partial charge in [0.2, 0.25) is 5.91 Å². The zero-order valence-corrected chi connectivity index (χ0v) is 12.1. The van der Waals surface area contributed by atoms with Gasteiger partial charge in [-0.1, -0.05) is 18.5 Å². The molecule has 1 aliphatic heterocycles. The van der Waals surface area contributed by atoms with Crippen LogP contribution < -0.4 is 15.5 Å². The molecular weight excluding hydrogens is 278 g/mol. The van der Waals surface area contributed by atoms with Gasteiger partial charge in [0.25, 0.3) is 0 Å². The molecule has 1 saturated heterocycles. The van der Waals surface area contributed by atoms with Crippen LogP contribution in [0.5, 0.6) is 0 Å². The average molecular weight is 296 g/mol. The van der Waals surface area contributed by atoms with Crippen molar-refractivity contribution < 1.29 is 9.59 Å². The van der Waals surface area contributed by atoms with Gasteiger partial charge in [0.1, 0.15) is 0 Å². The molecule has 1 heterocycles. The van der Waals surface area contributed by atoms with Crippen LogP contribution in [0, 0.1) is 0 Å². The number of carbonyl (C=O) groups is 2. The minimum absolute atomic E-state index is 0.00751. The fourth-order valence-electron chi connectivity index (χ4n) is 2.15. The number of hydrogen-bond donors (Lipinski definition) is 2. The molecule has 1 fully saturated rings. The third kappa shape index (κ3) is 3.63. The quantitative estimate of drug-likeness (QED) is 0.894. The molecule has 2 N–H and O–H groups in total. The molecule has 108 valence electrons. The van der Waals surface area contributed by atoms with Crippen LogP contribution in [0.25, 0.3) is 0 Å². The Morgan fingerprint density at radius 1 is 1.40 bits per heavy atom. The fraction of sp³-hybridized carbons (Fsp3) is 0.429. The number of nitrogens with zero attached hydrogens (tertiary/aromatic N) is 1. The van der Waals surface area contributed by atoms with Crippen molar-refractivity contribution in [1.82, 2.24) is 10.6 Å². The molecule has 20 heavy (non-hydrogen) atoms. The van der Waals surface area contributed by atoms with E-state index in [1.54, 1.807) is 29.2 Å². The average Bonchev–Trinajstić information content (AvgIpc) is 2.78. The van der Waals surface area contributed by atoms with E-state index in [2.05, 4.69) is 10.6 Å². The lowest BCUT2D eigenvalue weighted by atomic mass is 10.2. The highest BCUT2D eigenvalue weighted by atomic mass is 35.5. The van der Waals surface area contributed by atoms with Crippen LogP contribution in [-0.4, -0.2) is 31.1 Å². The van der Waals surface area contributed by atoms with Gasteiger partial charge in [-0.3, -0.25) is 4.79 Å². The van der Waals surface area contributed by atoms with Crippen LogP contribution in [0.15, 0.2) is 24.3 Å². The van der Waals surface area contributed by atoms with Crippen molar-refractivity contribution in [2.24, 2.45) is 0 Å². The summed E-state index contributed by atoms with van der Waals surface area (Å²) >= 11 is 5.83. The molecule has 0 bridgehead atoms. The van der Waals surface area contributed by atoms with E-state index in [4.69, 9.17) is 11.6 Å². The first-order valence-corrected chi connectivity index (χ1v) is 7.08. The summed E-state index contributed by atoms with van der Waals surface area (Å²) in [4.78, 5) is 25.2. The van der Waals surface area contributed by atoms with Crippen molar-refractivity contribution in [3.05, 3.63) is 29.3 Å². The molecule has 0 unspecified atom stereocenters. The van der Waals surface area contributed by atoms with Crippen molar-refractivity contribution in [2.45, 2.75) is 25.8 Å². The van der Waals surface area contributed by atoms with Crippen molar-refractivity contribution in [3.8, 4) is 0 Å². The van der Waals surface area contributed by atoms with Crippen LogP contribution in [0.4, 0.5) is 10.5 Å². The third-order valence-corrected chi connectivity index (χ3v) is 3.39. The van der Waals surface area contributed by atoms with E-state index in [0.717, 1.165) is 12.1 Å². The first-order chi connectivity index (χ1) is 9.60. The SMILES string of the molecule is CCCNC(=O)N[C@@H]1CC(=O)N(c2ccc(Cl)cc2)C1. The third-order valence-electron chi connectivity index (χ3n) is 3.13. The molecule has 1 atom stereocenters. The summed E-state index contributed by atoms with van der Waals surface area (Å²) in [7, 11) is 0. The van der Waals surface area contributed by atoms with Gasteiger partial charge in [-0.15, -0.1) is 0 Å². The molecule has 1 aromatic rings. The van der Waals surface area contributed by atoms with Crippen LogP contribution in [0.3, 0.4) is 0 Å². The number of rotatable bonds is 4. The summed E-state index contributed by atoms with van der Waals surface area (Å²) in [5, 5.41) is 6.19. The number of benzene rings is 1. The minimum atomic E-state index is -0.220. The monoisotopic (exact) mass is 295 g/mol. The van der Waals surface area contributed by atoms with Crippen molar-refractivity contribution in [1.29, 1.82) is 0 Å². The number of carbonyl (C=O) groups excluding carboxylic acids is 2. The van der Waals surface area contributed by atoms with Gasteiger partial charge in [0.05, 0.1) is 6.04 Å². The Hall–Kier alpha value is -1.75. The van der Waals surface area contributed by atoms with Gasteiger partial charge in [0, 0.05) is 30.2 Å². The number of anilines is 1. The first-order valence-electron chi connectivity index (χ1n) is 6.70. The van der Waals surface area contributed by atoms with Crippen LogP contribution in [-0.2, 0) is 4.79 Å². The molecule has 5 nitrogen and oxygen atoms in total. The molecule has 6 heteroatoms. The van der Waals surface area contributed by atoms with Crippen LogP contribution in [0.2, 0.25) is 5.02 Å². The van der Waals surface area contributed by atoms with E-state index in [1.807, 2.05) is 6.92 Å². The summed E-state index contributed by atoms with van der Waals surface area (Å²) in [6.07, 6.45) is 1.20. The van der Waals surface area contributed by atoms with E-state index in [1.165, 1.54) is 0 Å². The minimum Gasteiger partial charge on any atom is -0.338 e. The zero-order chi connectivity index (χ0) is 14.5. The van der Waals surface area contributed by atoms with Crippen molar-refractivity contribution >= 4 is 29.2 Å². The summed E-state index contributed by atoms with van der Waals surface area (Å²) in [5.41, 5.74) is 0.803. The fourth-order valence-corrected chi connectivity index (χ4v) is 2.28. The maximum atomic E-state index is 12.0.